The van der Waals surface area contributed by atoms with Crippen LogP contribution in [0.2, 0.25) is 0 Å². The first-order chi connectivity index (χ1) is 12.2. The predicted octanol–water partition coefficient (Wildman–Crippen LogP) is 0.649. The molecule has 0 unspecified atom stereocenters. The summed E-state index contributed by atoms with van der Waals surface area (Å²) in [7, 11) is 0. The topological polar surface area (TPSA) is 115 Å². The maximum Gasteiger partial charge on any atom is 0.303 e. The third-order valence-corrected chi connectivity index (χ3v) is 6.97. The Labute approximate surface area is 151 Å². The van der Waals surface area contributed by atoms with Crippen molar-refractivity contribution in [2.45, 2.75) is 51.6 Å². The number of carbonyl (C=O) groups excluding carboxylic acids is 5. The van der Waals surface area contributed by atoms with Gasteiger partial charge in [0.15, 0.2) is 6.61 Å². The first kappa shape index (κ1) is 18.9. The van der Waals surface area contributed by atoms with Crippen LogP contribution in [0.3, 0.4) is 0 Å². The van der Waals surface area contributed by atoms with Crippen LogP contribution in [0.5, 0.6) is 0 Å². The standard InChI is InChI=1S/C19H24O7/c1-10(21)26-9-16(24)19(25)6-5-13-11-3-4-14(22)12(8-20)17(11)15(23)7-18(13,19)2/h8,11-13,17,25H,3-7,9H2,1-2H3/t11-,12-,13+,17+,18+,19-/m0/s1. The van der Waals surface area contributed by atoms with Crippen molar-refractivity contribution in [3.63, 3.8) is 0 Å². The van der Waals surface area contributed by atoms with Gasteiger partial charge in [-0.15, -0.1) is 0 Å². The molecule has 0 aromatic rings. The van der Waals surface area contributed by atoms with Gasteiger partial charge in [-0.05, 0) is 31.1 Å². The average Bonchev–Trinajstić information content (AvgIpc) is 2.85. The monoisotopic (exact) mass is 364 g/mol. The lowest BCUT2D eigenvalue weighted by atomic mass is 9.51. The van der Waals surface area contributed by atoms with Crippen molar-refractivity contribution in [1.29, 1.82) is 0 Å². The summed E-state index contributed by atoms with van der Waals surface area (Å²) >= 11 is 0. The summed E-state index contributed by atoms with van der Waals surface area (Å²) in [5.74, 6) is -3.51. The van der Waals surface area contributed by atoms with E-state index in [1.807, 2.05) is 0 Å². The quantitative estimate of drug-likeness (QED) is 0.442. The van der Waals surface area contributed by atoms with Crippen molar-refractivity contribution >= 4 is 29.6 Å². The molecular weight excluding hydrogens is 340 g/mol. The van der Waals surface area contributed by atoms with Crippen LogP contribution in [0.1, 0.15) is 46.0 Å². The average molecular weight is 364 g/mol. The van der Waals surface area contributed by atoms with Crippen LogP contribution in [0.4, 0.5) is 0 Å². The molecule has 0 aliphatic heterocycles. The first-order valence-electron chi connectivity index (χ1n) is 9.05. The Morgan fingerprint density at radius 3 is 2.58 bits per heavy atom. The Balaban J connectivity index is 1.92. The van der Waals surface area contributed by atoms with Crippen molar-refractivity contribution in [2.24, 2.45) is 29.1 Å². The molecule has 1 N–H and O–H groups in total. The highest BCUT2D eigenvalue weighted by Gasteiger charge is 2.67. The van der Waals surface area contributed by atoms with E-state index in [1.165, 1.54) is 6.92 Å². The number of aliphatic hydroxyl groups is 1. The highest BCUT2D eigenvalue weighted by atomic mass is 16.5. The van der Waals surface area contributed by atoms with Crippen LogP contribution in [0, 0.1) is 29.1 Å². The molecule has 0 aromatic carbocycles. The van der Waals surface area contributed by atoms with E-state index < -0.39 is 41.2 Å². The fraction of sp³-hybridized carbons (Fsp3) is 0.737. The Kier molecular flexibility index (Phi) is 4.63. The molecule has 0 saturated heterocycles. The molecule has 3 rings (SSSR count). The van der Waals surface area contributed by atoms with Gasteiger partial charge >= 0.3 is 5.97 Å². The molecule has 6 atom stereocenters. The number of carbonyl (C=O) groups is 5. The van der Waals surface area contributed by atoms with Gasteiger partial charge < -0.3 is 14.6 Å². The van der Waals surface area contributed by atoms with Gasteiger partial charge in [0.1, 0.15) is 23.5 Å². The SMILES string of the molecule is CC(=O)OCC(=O)[C@@]1(O)CC[C@@H]2[C@@H]3CCC(=O)[C@H](C=O)[C@@H]3C(=O)C[C@]21C. The molecule has 0 amide bonds. The number of ketones is 3. The van der Waals surface area contributed by atoms with E-state index in [1.54, 1.807) is 6.92 Å². The van der Waals surface area contributed by atoms with E-state index in [4.69, 9.17) is 4.74 Å². The Morgan fingerprint density at radius 1 is 1.27 bits per heavy atom. The summed E-state index contributed by atoms with van der Waals surface area (Å²) in [6.07, 6.45) is 1.97. The number of Topliss-reactive ketones (excluding diaryl/α,β-unsaturated/α-hetero) is 3. The molecule has 3 aliphatic carbocycles. The van der Waals surface area contributed by atoms with Crippen LogP contribution < -0.4 is 0 Å². The molecule has 0 bridgehead atoms. The van der Waals surface area contributed by atoms with Gasteiger partial charge in [-0.25, -0.2) is 0 Å². The van der Waals surface area contributed by atoms with Crippen molar-refractivity contribution < 1.29 is 33.8 Å². The van der Waals surface area contributed by atoms with E-state index in [0.29, 0.717) is 19.1 Å². The van der Waals surface area contributed by atoms with Gasteiger partial charge in [0, 0.05) is 31.1 Å². The molecule has 3 fully saturated rings. The maximum absolute atomic E-state index is 12.8. The number of hydrogen-bond donors (Lipinski definition) is 1. The van der Waals surface area contributed by atoms with Crippen LogP contribution in [-0.2, 0) is 28.7 Å². The van der Waals surface area contributed by atoms with Crippen molar-refractivity contribution in [2.75, 3.05) is 6.61 Å². The summed E-state index contributed by atoms with van der Waals surface area (Å²) in [6, 6.07) is 0. The minimum atomic E-state index is -1.74. The summed E-state index contributed by atoms with van der Waals surface area (Å²) in [5.41, 5.74) is -2.72. The zero-order valence-corrected chi connectivity index (χ0v) is 15.0. The van der Waals surface area contributed by atoms with E-state index >= 15 is 0 Å². The smallest absolute Gasteiger partial charge is 0.303 e. The fourth-order valence-corrected chi connectivity index (χ4v) is 5.64. The molecule has 3 aliphatic rings. The molecule has 0 heterocycles. The molecule has 0 radical (unpaired) electrons. The molecule has 0 spiro atoms. The van der Waals surface area contributed by atoms with Crippen molar-refractivity contribution in [3.8, 4) is 0 Å². The second kappa shape index (κ2) is 6.37. The van der Waals surface area contributed by atoms with E-state index in [9.17, 15) is 29.1 Å². The van der Waals surface area contributed by atoms with E-state index in [0.717, 1.165) is 0 Å². The molecule has 7 heteroatoms. The molecule has 7 nitrogen and oxygen atoms in total. The summed E-state index contributed by atoms with van der Waals surface area (Å²) in [6.45, 7) is 2.40. The number of esters is 1. The van der Waals surface area contributed by atoms with Gasteiger partial charge in [-0.1, -0.05) is 6.92 Å². The Bertz CT molecular complexity index is 683. The normalized spacial score (nSPS) is 42.0. The van der Waals surface area contributed by atoms with Crippen LogP contribution in [-0.4, -0.2) is 46.9 Å². The second-order valence-corrected chi connectivity index (χ2v) is 8.13. The van der Waals surface area contributed by atoms with Crippen LogP contribution in [0.25, 0.3) is 0 Å². The maximum atomic E-state index is 12.8. The zero-order chi connectivity index (χ0) is 19.3. The minimum Gasteiger partial charge on any atom is -0.458 e. The van der Waals surface area contributed by atoms with Crippen LogP contribution >= 0.6 is 0 Å². The van der Waals surface area contributed by atoms with Gasteiger partial charge in [-0.3, -0.25) is 19.2 Å². The molecular formula is C19H24O7. The van der Waals surface area contributed by atoms with E-state index in [2.05, 4.69) is 0 Å². The summed E-state index contributed by atoms with van der Waals surface area (Å²) in [4.78, 5) is 59.9. The zero-order valence-electron chi connectivity index (χ0n) is 15.0. The minimum absolute atomic E-state index is 0.0568. The summed E-state index contributed by atoms with van der Waals surface area (Å²) < 4.78 is 4.76. The first-order valence-corrected chi connectivity index (χ1v) is 9.05. The van der Waals surface area contributed by atoms with Crippen molar-refractivity contribution in [1.82, 2.24) is 0 Å². The highest BCUT2D eigenvalue weighted by Crippen LogP contribution is 2.62. The second-order valence-electron chi connectivity index (χ2n) is 8.13. The Hall–Kier alpha value is -1.89. The number of rotatable bonds is 4. The lowest BCUT2D eigenvalue weighted by Gasteiger charge is -2.52. The predicted molar refractivity (Wildman–Crippen MR) is 87.8 cm³/mol. The van der Waals surface area contributed by atoms with Gasteiger partial charge in [0.2, 0.25) is 5.78 Å². The van der Waals surface area contributed by atoms with Crippen LogP contribution in [0.15, 0.2) is 0 Å². The number of fused-ring (bicyclic) bond motifs is 3. The molecule has 142 valence electrons. The molecule has 26 heavy (non-hydrogen) atoms. The molecule has 0 aromatic heterocycles. The van der Waals surface area contributed by atoms with Crippen molar-refractivity contribution in [3.05, 3.63) is 0 Å². The molecule has 3 saturated carbocycles. The number of hydrogen-bond acceptors (Lipinski definition) is 7. The lowest BCUT2D eigenvalue weighted by Crippen LogP contribution is -2.60. The summed E-state index contributed by atoms with van der Waals surface area (Å²) in [5, 5.41) is 11.2. The van der Waals surface area contributed by atoms with E-state index in [-0.39, 0.29) is 42.7 Å². The van der Waals surface area contributed by atoms with Gasteiger partial charge in [0.25, 0.3) is 0 Å². The number of aldehydes is 1. The Morgan fingerprint density at radius 2 is 1.96 bits per heavy atom. The lowest BCUT2D eigenvalue weighted by molar-refractivity contribution is -0.173. The fourth-order valence-electron chi connectivity index (χ4n) is 5.64. The number of ether oxygens (including phenoxy) is 1. The largest absolute Gasteiger partial charge is 0.458 e. The highest BCUT2D eigenvalue weighted by molar-refractivity contribution is 6.01. The third kappa shape index (κ3) is 2.55. The third-order valence-electron chi connectivity index (χ3n) is 6.97. The van der Waals surface area contributed by atoms with Gasteiger partial charge in [-0.2, -0.15) is 0 Å². The van der Waals surface area contributed by atoms with Gasteiger partial charge in [0.05, 0.1) is 5.92 Å².